The fraction of sp³-hybridized carbons (Fsp3) is 0.625. The first-order chi connectivity index (χ1) is 7.77. The third-order valence-electron chi connectivity index (χ3n) is 3.46. The summed E-state index contributed by atoms with van der Waals surface area (Å²) in [6, 6.07) is 1.96. The summed E-state index contributed by atoms with van der Waals surface area (Å²) in [5.74, 6) is 1.86. The van der Waals surface area contributed by atoms with E-state index in [9.17, 15) is 5.11 Å². The van der Waals surface area contributed by atoms with Gasteiger partial charge in [0.25, 0.3) is 0 Å². The van der Waals surface area contributed by atoms with Crippen LogP contribution in [0.4, 0.5) is 0 Å². The van der Waals surface area contributed by atoms with Gasteiger partial charge in [-0.15, -0.1) is 0 Å². The Morgan fingerprint density at radius 2 is 1.29 bits per heavy atom. The predicted molar refractivity (Wildman–Crippen MR) is 75.1 cm³/mol. The molecule has 0 unspecified atom stereocenters. The van der Waals surface area contributed by atoms with Crippen LogP contribution in [0.25, 0.3) is 0 Å². The molecule has 0 saturated carbocycles. The Balaban J connectivity index is 3.64. The summed E-state index contributed by atoms with van der Waals surface area (Å²) in [5.41, 5.74) is 5.12. The van der Waals surface area contributed by atoms with E-state index in [1.807, 2.05) is 13.0 Å². The standard InChI is InChI=1S/C16H26O/c1-9(2)13-8-14(17)12(7)15(10(3)4)16(13)11(5)6/h8-11,17H,1-7H3. The van der Waals surface area contributed by atoms with E-state index < -0.39 is 0 Å². The highest BCUT2D eigenvalue weighted by Crippen LogP contribution is 2.39. The lowest BCUT2D eigenvalue weighted by atomic mass is 9.80. The van der Waals surface area contributed by atoms with Crippen LogP contribution in [-0.2, 0) is 0 Å². The molecule has 0 heterocycles. The van der Waals surface area contributed by atoms with E-state index >= 15 is 0 Å². The fourth-order valence-corrected chi connectivity index (χ4v) is 2.69. The Hall–Kier alpha value is -0.980. The van der Waals surface area contributed by atoms with Gasteiger partial charge in [-0.1, -0.05) is 41.5 Å². The highest BCUT2D eigenvalue weighted by atomic mass is 16.3. The van der Waals surface area contributed by atoms with Gasteiger partial charge >= 0.3 is 0 Å². The van der Waals surface area contributed by atoms with Crippen LogP contribution in [0.5, 0.6) is 5.75 Å². The molecular weight excluding hydrogens is 208 g/mol. The van der Waals surface area contributed by atoms with Crippen molar-refractivity contribution >= 4 is 0 Å². The highest BCUT2D eigenvalue weighted by Gasteiger charge is 2.20. The highest BCUT2D eigenvalue weighted by molar-refractivity contribution is 5.52. The van der Waals surface area contributed by atoms with Crippen LogP contribution in [0.2, 0.25) is 0 Å². The number of benzene rings is 1. The summed E-state index contributed by atoms with van der Waals surface area (Å²) in [7, 11) is 0. The zero-order valence-corrected chi connectivity index (χ0v) is 12.3. The molecule has 1 aromatic rings. The van der Waals surface area contributed by atoms with Crippen molar-refractivity contribution < 1.29 is 5.11 Å². The number of phenolic OH excluding ortho intramolecular Hbond substituents is 1. The second-order valence-corrected chi connectivity index (χ2v) is 5.90. The molecule has 0 amide bonds. The molecule has 0 aliphatic carbocycles. The second kappa shape index (κ2) is 5.12. The summed E-state index contributed by atoms with van der Waals surface area (Å²) >= 11 is 0. The molecular formula is C16H26O. The molecule has 96 valence electrons. The van der Waals surface area contributed by atoms with Gasteiger partial charge in [0.15, 0.2) is 0 Å². The number of rotatable bonds is 3. The lowest BCUT2D eigenvalue weighted by Crippen LogP contribution is -2.07. The first-order valence-corrected chi connectivity index (χ1v) is 6.63. The molecule has 1 aromatic carbocycles. The number of hydrogen-bond donors (Lipinski definition) is 1. The Kier molecular flexibility index (Phi) is 4.24. The summed E-state index contributed by atoms with van der Waals surface area (Å²) < 4.78 is 0. The zero-order chi connectivity index (χ0) is 13.3. The minimum absolute atomic E-state index is 0.446. The van der Waals surface area contributed by atoms with Gasteiger partial charge in [0.1, 0.15) is 5.75 Å². The molecule has 0 radical (unpaired) electrons. The van der Waals surface area contributed by atoms with Crippen molar-refractivity contribution in [2.75, 3.05) is 0 Å². The van der Waals surface area contributed by atoms with E-state index in [0.717, 1.165) is 5.56 Å². The van der Waals surface area contributed by atoms with Crippen LogP contribution in [0, 0.1) is 6.92 Å². The zero-order valence-electron chi connectivity index (χ0n) is 12.3. The normalized spacial score (nSPS) is 11.9. The molecule has 0 atom stereocenters. The predicted octanol–water partition coefficient (Wildman–Crippen LogP) is 5.07. The molecule has 0 bridgehead atoms. The van der Waals surface area contributed by atoms with Gasteiger partial charge in [-0.2, -0.15) is 0 Å². The van der Waals surface area contributed by atoms with Crippen molar-refractivity contribution in [3.05, 3.63) is 28.3 Å². The van der Waals surface area contributed by atoms with E-state index in [0.29, 0.717) is 23.5 Å². The quantitative estimate of drug-likeness (QED) is 0.774. The summed E-state index contributed by atoms with van der Waals surface area (Å²) in [6.07, 6.45) is 0. The maximum Gasteiger partial charge on any atom is 0.119 e. The smallest absolute Gasteiger partial charge is 0.119 e. The van der Waals surface area contributed by atoms with E-state index in [2.05, 4.69) is 41.5 Å². The number of phenols is 1. The molecule has 1 N–H and O–H groups in total. The third kappa shape index (κ3) is 2.65. The third-order valence-corrected chi connectivity index (χ3v) is 3.46. The average molecular weight is 234 g/mol. The summed E-state index contributed by atoms with van der Waals surface area (Å²) in [5, 5.41) is 10.1. The van der Waals surface area contributed by atoms with Crippen molar-refractivity contribution in [1.29, 1.82) is 0 Å². The van der Waals surface area contributed by atoms with Gasteiger partial charge in [0.2, 0.25) is 0 Å². The minimum Gasteiger partial charge on any atom is -0.508 e. The lowest BCUT2D eigenvalue weighted by molar-refractivity contribution is 0.467. The van der Waals surface area contributed by atoms with Gasteiger partial charge < -0.3 is 5.11 Å². The van der Waals surface area contributed by atoms with Crippen molar-refractivity contribution in [3.8, 4) is 5.75 Å². The Bertz CT molecular complexity index is 400. The molecule has 0 aliphatic rings. The van der Waals surface area contributed by atoms with E-state index in [1.165, 1.54) is 16.7 Å². The molecule has 0 aromatic heterocycles. The Labute approximate surface area is 106 Å². The first-order valence-electron chi connectivity index (χ1n) is 6.63. The van der Waals surface area contributed by atoms with Crippen molar-refractivity contribution in [3.63, 3.8) is 0 Å². The van der Waals surface area contributed by atoms with Crippen LogP contribution in [0.15, 0.2) is 6.07 Å². The summed E-state index contributed by atoms with van der Waals surface area (Å²) in [6.45, 7) is 15.3. The maximum atomic E-state index is 10.1. The van der Waals surface area contributed by atoms with Crippen LogP contribution in [0.1, 0.15) is 81.5 Å². The van der Waals surface area contributed by atoms with Crippen LogP contribution >= 0.6 is 0 Å². The van der Waals surface area contributed by atoms with Crippen molar-refractivity contribution in [2.45, 2.75) is 66.2 Å². The molecule has 1 nitrogen and oxygen atoms in total. The molecule has 0 spiro atoms. The minimum atomic E-state index is 0.446. The van der Waals surface area contributed by atoms with E-state index in [-0.39, 0.29) is 0 Å². The van der Waals surface area contributed by atoms with Crippen molar-refractivity contribution in [2.24, 2.45) is 0 Å². The molecule has 0 fully saturated rings. The number of aromatic hydroxyl groups is 1. The fourth-order valence-electron chi connectivity index (χ4n) is 2.69. The second-order valence-electron chi connectivity index (χ2n) is 5.90. The van der Waals surface area contributed by atoms with Crippen molar-refractivity contribution in [1.82, 2.24) is 0 Å². The SMILES string of the molecule is Cc1c(O)cc(C(C)C)c(C(C)C)c1C(C)C. The van der Waals surface area contributed by atoms with Gasteiger partial charge in [0.05, 0.1) is 0 Å². The van der Waals surface area contributed by atoms with Crippen LogP contribution in [0.3, 0.4) is 0 Å². The van der Waals surface area contributed by atoms with E-state index in [1.54, 1.807) is 0 Å². The summed E-state index contributed by atoms with van der Waals surface area (Å²) in [4.78, 5) is 0. The number of hydrogen-bond acceptors (Lipinski definition) is 1. The first kappa shape index (κ1) is 14.1. The topological polar surface area (TPSA) is 20.2 Å². The monoisotopic (exact) mass is 234 g/mol. The molecule has 0 aliphatic heterocycles. The van der Waals surface area contributed by atoms with Gasteiger partial charge in [-0.3, -0.25) is 0 Å². The molecule has 17 heavy (non-hydrogen) atoms. The molecule has 0 saturated heterocycles. The largest absolute Gasteiger partial charge is 0.508 e. The Morgan fingerprint density at radius 3 is 1.65 bits per heavy atom. The average Bonchev–Trinajstić information content (AvgIpc) is 2.19. The van der Waals surface area contributed by atoms with Gasteiger partial charge in [-0.05, 0) is 53.0 Å². The van der Waals surface area contributed by atoms with Crippen LogP contribution in [-0.4, -0.2) is 5.11 Å². The van der Waals surface area contributed by atoms with Gasteiger partial charge in [0, 0.05) is 0 Å². The lowest BCUT2D eigenvalue weighted by Gasteiger charge is -2.25. The van der Waals surface area contributed by atoms with Gasteiger partial charge in [-0.25, -0.2) is 0 Å². The van der Waals surface area contributed by atoms with E-state index in [4.69, 9.17) is 0 Å². The maximum absolute atomic E-state index is 10.1. The Morgan fingerprint density at radius 1 is 0.824 bits per heavy atom. The molecule has 1 rings (SSSR count). The van der Waals surface area contributed by atoms with Crippen LogP contribution < -0.4 is 0 Å². The molecule has 1 heteroatoms.